The Bertz CT molecular complexity index is 971. The van der Waals surface area contributed by atoms with Crippen LogP contribution in [0.3, 0.4) is 0 Å². The van der Waals surface area contributed by atoms with Crippen LogP contribution in [0.1, 0.15) is 32.8 Å². The van der Waals surface area contributed by atoms with Crippen LogP contribution in [0.15, 0.2) is 38.8 Å². The van der Waals surface area contributed by atoms with Gasteiger partial charge in [0.05, 0.1) is 42.1 Å². The maximum Gasteiger partial charge on any atom is 0.326 e. The summed E-state index contributed by atoms with van der Waals surface area (Å²) < 4.78 is 22.3. The minimum atomic E-state index is -0.751. The average Bonchev–Trinajstić information content (AvgIpc) is 3.29. The smallest absolute Gasteiger partial charge is 0.326 e. The molecule has 1 unspecified atom stereocenters. The predicted molar refractivity (Wildman–Crippen MR) is 126 cm³/mol. The van der Waals surface area contributed by atoms with Crippen molar-refractivity contribution in [2.75, 3.05) is 50.2 Å². The third kappa shape index (κ3) is 7.00. The number of aryl methyl sites for hydroxylation is 1. The van der Waals surface area contributed by atoms with Crippen molar-refractivity contribution in [1.82, 2.24) is 10.6 Å². The lowest BCUT2D eigenvalue weighted by molar-refractivity contribution is -0.759. The third-order valence-electron chi connectivity index (χ3n) is 5.37. The first-order chi connectivity index (χ1) is 16.4. The van der Waals surface area contributed by atoms with Crippen LogP contribution in [0.25, 0.3) is 0 Å². The average molecular weight is 492 g/mol. The summed E-state index contributed by atoms with van der Waals surface area (Å²) in [6.45, 7) is 9.39. The van der Waals surface area contributed by atoms with E-state index in [2.05, 4.69) is 42.4 Å². The quantitative estimate of drug-likeness (QED) is 0.331. The zero-order valence-electron chi connectivity index (χ0n) is 20.0. The molecule has 1 atom stereocenters. The van der Waals surface area contributed by atoms with Crippen molar-refractivity contribution in [3.8, 4) is 5.75 Å². The summed E-state index contributed by atoms with van der Waals surface area (Å²) in [5, 5.41) is 21.8. The van der Waals surface area contributed by atoms with Crippen LogP contribution in [0.4, 0.5) is 5.88 Å². The van der Waals surface area contributed by atoms with E-state index in [1.807, 2.05) is 28.9 Å². The lowest BCUT2D eigenvalue weighted by atomic mass is 10.1. The number of thioether (sulfide) groups is 1. The molecule has 0 spiro atoms. The summed E-state index contributed by atoms with van der Waals surface area (Å²) in [6, 6.07) is 6.13. The van der Waals surface area contributed by atoms with Gasteiger partial charge in [0, 0.05) is 12.1 Å². The van der Waals surface area contributed by atoms with E-state index >= 15 is 0 Å². The van der Waals surface area contributed by atoms with Crippen molar-refractivity contribution < 1.29 is 28.6 Å². The molecule has 2 aliphatic rings. The van der Waals surface area contributed by atoms with E-state index in [-0.39, 0.29) is 18.0 Å². The fourth-order valence-corrected chi connectivity index (χ4v) is 4.76. The molecule has 4 rings (SSSR count). The van der Waals surface area contributed by atoms with Gasteiger partial charge in [-0.3, -0.25) is 4.52 Å². The van der Waals surface area contributed by atoms with Crippen molar-refractivity contribution in [3.63, 3.8) is 0 Å². The number of aromatic nitrogens is 2. The maximum atomic E-state index is 12.6. The Morgan fingerprint density at radius 3 is 2.97 bits per heavy atom. The van der Waals surface area contributed by atoms with E-state index in [0.717, 1.165) is 17.9 Å². The second-order valence-electron chi connectivity index (χ2n) is 9.28. The van der Waals surface area contributed by atoms with Gasteiger partial charge in [0.2, 0.25) is 5.27 Å². The molecule has 0 bridgehead atoms. The number of ether oxygens (including phenoxy) is 3. The molecule has 34 heavy (non-hydrogen) atoms. The second-order valence-corrected chi connectivity index (χ2v) is 10.4. The molecule has 0 amide bonds. The normalized spacial score (nSPS) is 17.9. The molecule has 2 aliphatic heterocycles. The molecule has 1 aromatic carbocycles. The molecule has 0 saturated carbocycles. The number of morpholine rings is 1. The number of nitrogens with one attached hydrogen (secondary N) is 1. The summed E-state index contributed by atoms with van der Waals surface area (Å²) in [5.74, 6) is 1.99. The molecule has 1 fully saturated rings. The SMILES string of the molecule is CC(C)(C)NCC(COc1cccc2c1SCCC2)O/C([O-])=N/c1c[n+](N2CCOCC2)no1. The number of benzene rings is 1. The van der Waals surface area contributed by atoms with Crippen LogP contribution in [0, 0.1) is 0 Å². The van der Waals surface area contributed by atoms with Crippen LogP contribution in [0.5, 0.6) is 5.75 Å². The van der Waals surface area contributed by atoms with E-state index in [0.29, 0.717) is 32.8 Å². The predicted octanol–water partition coefficient (Wildman–Crippen LogP) is 1.17. The van der Waals surface area contributed by atoms with Gasteiger partial charge in [-0.05, 0) is 51.0 Å². The van der Waals surface area contributed by atoms with Crippen LogP contribution in [-0.2, 0) is 15.9 Å². The third-order valence-corrected chi connectivity index (χ3v) is 6.62. The van der Waals surface area contributed by atoms with Crippen molar-refractivity contribution in [1.29, 1.82) is 0 Å². The minimum Gasteiger partial charge on any atom is -0.592 e. The molecular weight excluding hydrogens is 458 g/mol. The number of hydrogen-bond donors (Lipinski definition) is 1. The molecule has 11 heteroatoms. The van der Waals surface area contributed by atoms with Crippen molar-refractivity contribution in [3.05, 3.63) is 30.0 Å². The maximum absolute atomic E-state index is 12.6. The number of rotatable bonds is 8. The molecule has 1 saturated heterocycles. The first kappa shape index (κ1) is 24.6. The first-order valence-corrected chi connectivity index (χ1v) is 12.6. The summed E-state index contributed by atoms with van der Waals surface area (Å²) in [6.07, 6.45) is 2.50. The van der Waals surface area contributed by atoms with E-state index in [1.165, 1.54) is 21.7 Å². The number of aliphatic imine (C=N–C) groups is 1. The van der Waals surface area contributed by atoms with Gasteiger partial charge in [-0.15, -0.1) is 16.8 Å². The number of nitrogens with zero attached hydrogens (tertiary/aromatic N) is 4. The Hall–Kier alpha value is -2.50. The summed E-state index contributed by atoms with van der Waals surface area (Å²) in [5.41, 5.74) is 1.17. The Morgan fingerprint density at radius 1 is 1.35 bits per heavy atom. The van der Waals surface area contributed by atoms with Crippen molar-refractivity contribution >= 4 is 23.7 Å². The van der Waals surface area contributed by atoms with E-state index in [4.69, 9.17) is 18.7 Å². The van der Waals surface area contributed by atoms with Gasteiger partial charge in [0.25, 0.3) is 6.20 Å². The Kier molecular flexibility index (Phi) is 8.17. The van der Waals surface area contributed by atoms with Gasteiger partial charge in [0.15, 0.2) is 6.08 Å². The molecule has 1 aromatic heterocycles. The zero-order valence-corrected chi connectivity index (χ0v) is 20.8. The lowest BCUT2D eigenvalue weighted by Crippen LogP contribution is -2.62. The van der Waals surface area contributed by atoms with Crippen molar-refractivity contribution in [2.45, 2.75) is 50.2 Å². The van der Waals surface area contributed by atoms with Crippen LogP contribution >= 0.6 is 11.8 Å². The Balaban J connectivity index is 1.40. The largest absolute Gasteiger partial charge is 0.592 e. The van der Waals surface area contributed by atoms with Gasteiger partial charge in [-0.1, -0.05) is 12.1 Å². The molecule has 0 radical (unpaired) electrons. The van der Waals surface area contributed by atoms with E-state index in [9.17, 15) is 5.11 Å². The minimum absolute atomic E-state index is 0.0773. The van der Waals surface area contributed by atoms with Gasteiger partial charge in [-0.2, -0.15) is 4.99 Å². The van der Waals surface area contributed by atoms with Crippen molar-refractivity contribution in [2.24, 2.45) is 4.99 Å². The molecule has 186 valence electrons. The molecular formula is C23H33N5O5S. The zero-order chi connectivity index (χ0) is 24.0. The summed E-state index contributed by atoms with van der Waals surface area (Å²) in [7, 11) is 0. The fraction of sp³-hybridized carbons (Fsp3) is 0.609. The Morgan fingerprint density at radius 2 is 2.18 bits per heavy atom. The monoisotopic (exact) mass is 491 g/mol. The number of hydrogen-bond acceptors (Lipinski definition) is 10. The second kappa shape index (κ2) is 11.3. The van der Waals surface area contributed by atoms with Crippen LogP contribution in [0.2, 0.25) is 0 Å². The summed E-state index contributed by atoms with van der Waals surface area (Å²) >= 11 is 1.81. The first-order valence-electron chi connectivity index (χ1n) is 11.6. The van der Waals surface area contributed by atoms with Crippen LogP contribution in [-0.4, -0.2) is 68.2 Å². The standard InChI is InChI=1S/C23H33N5O5S/c1-23(2,3)24-14-18(16-31-19-8-4-6-17-7-5-13-34-21(17)19)32-22(29)25-20-15-28(26-33-20)27-9-11-30-12-10-27/h4,6,8,15,18,24H,5,7,9-14,16H2,1-3H3. The highest BCUT2D eigenvalue weighted by molar-refractivity contribution is 7.99. The lowest BCUT2D eigenvalue weighted by Gasteiger charge is -2.30. The molecule has 10 nitrogen and oxygen atoms in total. The van der Waals surface area contributed by atoms with Gasteiger partial charge < -0.3 is 24.6 Å². The van der Waals surface area contributed by atoms with Gasteiger partial charge in [-0.25, -0.2) is 0 Å². The number of fused-ring (bicyclic) bond motifs is 1. The highest BCUT2D eigenvalue weighted by atomic mass is 32.2. The molecule has 3 heterocycles. The van der Waals surface area contributed by atoms with E-state index in [1.54, 1.807) is 6.20 Å². The summed E-state index contributed by atoms with van der Waals surface area (Å²) in [4.78, 5) is 6.64. The topological polar surface area (TPSA) is 108 Å². The highest BCUT2D eigenvalue weighted by Crippen LogP contribution is 2.37. The molecule has 2 aromatic rings. The van der Waals surface area contributed by atoms with Gasteiger partial charge in [0.1, 0.15) is 12.4 Å². The van der Waals surface area contributed by atoms with Gasteiger partial charge >= 0.3 is 5.88 Å². The van der Waals surface area contributed by atoms with E-state index < -0.39 is 12.2 Å². The van der Waals surface area contributed by atoms with Crippen LogP contribution < -0.4 is 25.0 Å². The highest BCUT2D eigenvalue weighted by Gasteiger charge is 2.23. The Labute approximate surface area is 204 Å². The molecule has 1 N–H and O–H groups in total. The molecule has 0 aliphatic carbocycles. The fourth-order valence-electron chi connectivity index (χ4n) is 3.64.